The van der Waals surface area contributed by atoms with E-state index in [-0.39, 0.29) is 11.9 Å². The molecule has 0 saturated carbocycles. The molecule has 7 heteroatoms. The van der Waals surface area contributed by atoms with Gasteiger partial charge in [0.05, 0.1) is 13.5 Å². The summed E-state index contributed by atoms with van der Waals surface area (Å²) >= 11 is 1.83. The van der Waals surface area contributed by atoms with E-state index in [9.17, 15) is 9.59 Å². The van der Waals surface area contributed by atoms with Gasteiger partial charge in [-0.05, 0) is 61.2 Å². The van der Waals surface area contributed by atoms with E-state index in [4.69, 9.17) is 4.74 Å². The van der Waals surface area contributed by atoms with Gasteiger partial charge in [0.2, 0.25) is 5.91 Å². The Bertz CT molecular complexity index is 876. The average molecular weight is 456 g/mol. The first kappa shape index (κ1) is 22.8. The largest absolute Gasteiger partial charge is 0.467 e. The Balaban J connectivity index is 1.22. The second kappa shape index (κ2) is 11.0. The second-order valence-corrected chi connectivity index (χ2v) is 9.69. The number of esters is 1. The van der Waals surface area contributed by atoms with Crippen LogP contribution in [0.15, 0.2) is 41.8 Å². The van der Waals surface area contributed by atoms with Crippen molar-refractivity contribution in [2.24, 2.45) is 0 Å². The Labute approximate surface area is 194 Å². The second-order valence-electron chi connectivity index (χ2n) is 8.66. The fourth-order valence-electron chi connectivity index (χ4n) is 4.74. The number of carbonyl (C=O) groups is 2. The standard InChI is InChI=1S/C25H33N3O3S/c1-31-25(30)23-5-2-14-28(23)24(29)18-19-6-8-21(9-7-19)27-15-11-20(12-16-27)26-13-10-22-4-3-17-32-22/h3-4,6-9,17,20,23,26H,2,5,10-16,18H2,1H3/t23-/m0/s1. The van der Waals surface area contributed by atoms with E-state index in [0.29, 0.717) is 25.4 Å². The van der Waals surface area contributed by atoms with E-state index in [2.05, 4.69) is 39.9 Å². The summed E-state index contributed by atoms with van der Waals surface area (Å²) in [4.78, 5) is 30.2. The van der Waals surface area contributed by atoms with Gasteiger partial charge >= 0.3 is 5.97 Å². The molecule has 1 atom stereocenters. The third-order valence-corrected chi connectivity index (χ3v) is 7.52. The van der Waals surface area contributed by atoms with Crippen LogP contribution in [0, 0.1) is 0 Å². The van der Waals surface area contributed by atoms with E-state index in [1.165, 1.54) is 17.7 Å². The van der Waals surface area contributed by atoms with Crippen LogP contribution < -0.4 is 10.2 Å². The van der Waals surface area contributed by atoms with Crippen molar-refractivity contribution in [1.82, 2.24) is 10.2 Å². The molecule has 0 aliphatic carbocycles. The number of benzene rings is 1. The molecule has 1 aromatic carbocycles. The molecule has 2 aliphatic heterocycles. The summed E-state index contributed by atoms with van der Waals surface area (Å²) in [5, 5.41) is 5.85. The summed E-state index contributed by atoms with van der Waals surface area (Å²) in [6.07, 6.45) is 5.27. The first-order chi connectivity index (χ1) is 15.6. The number of nitrogens with one attached hydrogen (secondary N) is 1. The normalized spacial score (nSPS) is 19.3. The maximum atomic E-state index is 12.7. The van der Waals surface area contributed by atoms with E-state index in [0.717, 1.165) is 50.9 Å². The van der Waals surface area contributed by atoms with Crippen molar-refractivity contribution in [2.75, 3.05) is 38.2 Å². The highest BCUT2D eigenvalue weighted by Crippen LogP contribution is 2.23. The Morgan fingerprint density at radius 3 is 2.56 bits per heavy atom. The number of likely N-dealkylation sites (tertiary alicyclic amines) is 1. The number of ether oxygens (including phenoxy) is 1. The molecule has 0 radical (unpaired) electrons. The number of rotatable bonds is 8. The van der Waals surface area contributed by atoms with Crippen LogP contribution >= 0.6 is 11.3 Å². The summed E-state index contributed by atoms with van der Waals surface area (Å²) in [6, 6.07) is 12.8. The van der Waals surface area contributed by atoms with Gasteiger partial charge in [0.15, 0.2) is 0 Å². The third-order valence-electron chi connectivity index (χ3n) is 6.58. The number of thiophene rings is 1. The number of amides is 1. The van der Waals surface area contributed by atoms with Crippen molar-refractivity contribution in [1.29, 1.82) is 0 Å². The van der Waals surface area contributed by atoms with Crippen LogP contribution in [0.5, 0.6) is 0 Å². The lowest BCUT2D eigenvalue weighted by Crippen LogP contribution is -2.43. The predicted molar refractivity (Wildman–Crippen MR) is 128 cm³/mol. The Morgan fingerprint density at radius 1 is 1.09 bits per heavy atom. The number of anilines is 1. The fourth-order valence-corrected chi connectivity index (χ4v) is 5.45. The monoisotopic (exact) mass is 455 g/mol. The lowest BCUT2D eigenvalue weighted by molar-refractivity contribution is -0.150. The maximum Gasteiger partial charge on any atom is 0.328 e. The molecule has 3 heterocycles. The Hall–Kier alpha value is -2.38. The molecule has 6 nitrogen and oxygen atoms in total. The molecule has 2 saturated heterocycles. The van der Waals surface area contributed by atoms with E-state index in [1.807, 2.05) is 23.5 Å². The highest BCUT2D eigenvalue weighted by Gasteiger charge is 2.34. The molecule has 2 aromatic rings. The molecule has 1 amide bonds. The van der Waals surface area contributed by atoms with Crippen molar-refractivity contribution >= 4 is 28.9 Å². The molecule has 2 fully saturated rings. The van der Waals surface area contributed by atoms with Crippen molar-refractivity contribution in [3.63, 3.8) is 0 Å². The molecule has 0 spiro atoms. The average Bonchev–Trinajstić information content (AvgIpc) is 3.52. The molecular formula is C25H33N3O3S. The van der Waals surface area contributed by atoms with Crippen LogP contribution in [-0.4, -0.2) is 62.1 Å². The van der Waals surface area contributed by atoms with Crippen LogP contribution in [0.3, 0.4) is 0 Å². The number of carbonyl (C=O) groups excluding carboxylic acids is 2. The summed E-state index contributed by atoms with van der Waals surface area (Å²) in [5.74, 6) is -0.310. The third kappa shape index (κ3) is 5.70. The lowest BCUT2D eigenvalue weighted by atomic mass is 10.0. The SMILES string of the molecule is COC(=O)[C@@H]1CCCN1C(=O)Cc1ccc(N2CCC(NCCc3cccs3)CC2)cc1. The van der Waals surface area contributed by atoms with Crippen LogP contribution in [0.2, 0.25) is 0 Å². The van der Waals surface area contributed by atoms with Crippen LogP contribution in [0.4, 0.5) is 5.69 Å². The van der Waals surface area contributed by atoms with Crippen molar-refractivity contribution in [2.45, 2.75) is 50.6 Å². The summed E-state index contributed by atoms with van der Waals surface area (Å²) in [7, 11) is 1.38. The number of methoxy groups -OCH3 is 1. The smallest absolute Gasteiger partial charge is 0.328 e. The van der Waals surface area contributed by atoms with Crippen LogP contribution in [0.25, 0.3) is 0 Å². The van der Waals surface area contributed by atoms with Gasteiger partial charge in [-0.25, -0.2) is 4.79 Å². The first-order valence-corrected chi connectivity index (χ1v) is 12.5. The summed E-state index contributed by atoms with van der Waals surface area (Å²) < 4.78 is 4.85. The zero-order valence-corrected chi connectivity index (χ0v) is 19.6. The number of piperidine rings is 1. The van der Waals surface area contributed by atoms with E-state index >= 15 is 0 Å². The highest BCUT2D eigenvalue weighted by molar-refractivity contribution is 7.09. The molecule has 2 aliphatic rings. The minimum Gasteiger partial charge on any atom is -0.467 e. The van der Waals surface area contributed by atoms with Crippen molar-refractivity contribution in [3.05, 3.63) is 52.2 Å². The van der Waals surface area contributed by atoms with Crippen molar-refractivity contribution in [3.8, 4) is 0 Å². The van der Waals surface area contributed by atoms with Crippen molar-refractivity contribution < 1.29 is 14.3 Å². The lowest BCUT2D eigenvalue weighted by Gasteiger charge is -2.34. The highest BCUT2D eigenvalue weighted by atomic mass is 32.1. The van der Waals surface area contributed by atoms with Gasteiger partial charge in [-0.15, -0.1) is 11.3 Å². The molecule has 1 aromatic heterocycles. The molecular weight excluding hydrogens is 422 g/mol. The molecule has 0 unspecified atom stereocenters. The molecule has 172 valence electrons. The Morgan fingerprint density at radius 2 is 1.88 bits per heavy atom. The molecule has 4 rings (SSSR count). The zero-order valence-electron chi connectivity index (χ0n) is 18.8. The van der Waals surface area contributed by atoms with Gasteiger partial charge in [0, 0.05) is 42.8 Å². The van der Waals surface area contributed by atoms with Crippen LogP contribution in [-0.2, 0) is 27.2 Å². The topological polar surface area (TPSA) is 61.9 Å². The van der Waals surface area contributed by atoms with Gasteiger partial charge in [0.1, 0.15) is 6.04 Å². The molecule has 0 bridgehead atoms. The minimum atomic E-state index is -0.424. The van der Waals surface area contributed by atoms with Gasteiger partial charge in [-0.2, -0.15) is 0 Å². The quantitative estimate of drug-likeness (QED) is 0.619. The number of hydrogen-bond donors (Lipinski definition) is 1. The van der Waals surface area contributed by atoms with E-state index in [1.54, 1.807) is 4.90 Å². The summed E-state index contributed by atoms with van der Waals surface area (Å²) in [5.41, 5.74) is 2.20. The zero-order chi connectivity index (χ0) is 22.3. The molecule has 1 N–H and O–H groups in total. The summed E-state index contributed by atoms with van der Waals surface area (Å²) in [6.45, 7) is 3.77. The van der Waals surface area contributed by atoms with Crippen LogP contribution in [0.1, 0.15) is 36.1 Å². The van der Waals surface area contributed by atoms with Gasteiger partial charge in [-0.3, -0.25) is 4.79 Å². The first-order valence-electron chi connectivity index (χ1n) is 11.6. The predicted octanol–water partition coefficient (Wildman–Crippen LogP) is 3.26. The maximum absolute atomic E-state index is 12.7. The van der Waals surface area contributed by atoms with Gasteiger partial charge in [0.25, 0.3) is 0 Å². The van der Waals surface area contributed by atoms with E-state index < -0.39 is 6.04 Å². The number of nitrogens with zero attached hydrogens (tertiary/aromatic N) is 2. The minimum absolute atomic E-state index is 0.0000806. The molecule has 32 heavy (non-hydrogen) atoms. The van der Waals surface area contributed by atoms with Gasteiger partial charge in [-0.1, -0.05) is 18.2 Å². The fraction of sp³-hybridized carbons (Fsp3) is 0.520. The van der Waals surface area contributed by atoms with Gasteiger partial charge < -0.3 is 19.9 Å². The number of hydrogen-bond acceptors (Lipinski definition) is 6. The Kier molecular flexibility index (Phi) is 7.81.